The van der Waals surface area contributed by atoms with Crippen molar-refractivity contribution < 1.29 is 18.8 Å². The number of carbonyl (C=O) groups excluding carboxylic acids is 1. The number of fused-ring (bicyclic) bond motifs is 1. The smallest absolute Gasteiger partial charge is 0.226 e. The van der Waals surface area contributed by atoms with E-state index in [0.717, 1.165) is 46.9 Å². The second-order valence-electron chi connectivity index (χ2n) is 6.38. The van der Waals surface area contributed by atoms with Crippen molar-refractivity contribution in [1.29, 1.82) is 0 Å². The molecule has 6 heteroatoms. The molecule has 134 valence electrons. The third-order valence-electron chi connectivity index (χ3n) is 4.64. The van der Waals surface area contributed by atoms with Crippen LogP contribution < -0.4 is 14.8 Å². The molecule has 0 fully saturated rings. The van der Waals surface area contributed by atoms with Gasteiger partial charge in [0.1, 0.15) is 23.9 Å². The number of hydrogen-bond acceptors (Lipinski definition) is 5. The van der Waals surface area contributed by atoms with Gasteiger partial charge in [-0.2, -0.15) is 0 Å². The Hall–Kier alpha value is -2.50. The number of hydrogen-bond donors (Lipinski definition) is 1. The Morgan fingerprint density at radius 1 is 1.40 bits per heavy atom. The van der Waals surface area contributed by atoms with E-state index in [1.54, 1.807) is 7.11 Å². The fraction of sp³-hybridized carbons (Fsp3) is 0.474. The molecule has 3 rings (SSSR count). The molecule has 25 heavy (non-hydrogen) atoms. The number of carbonyl (C=O) groups is 1. The summed E-state index contributed by atoms with van der Waals surface area (Å²) in [5.74, 6) is 2.32. The monoisotopic (exact) mass is 344 g/mol. The lowest BCUT2D eigenvalue weighted by Crippen LogP contribution is -2.37. The minimum absolute atomic E-state index is 0.0419. The average Bonchev–Trinajstić information content (AvgIpc) is 2.95. The summed E-state index contributed by atoms with van der Waals surface area (Å²) in [6.45, 7) is 4.89. The molecule has 6 nitrogen and oxygen atoms in total. The van der Waals surface area contributed by atoms with Crippen LogP contribution >= 0.6 is 0 Å². The van der Waals surface area contributed by atoms with Gasteiger partial charge in [-0.3, -0.25) is 4.79 Å². The van der Waals surface area contributed by atoms with E-state index in [2.05, 4.69) is 10.5 Å². The Labute approximate surface area is 147 Å². The minimum atomic E-state index is -0.153. The van der Waals surface area contributed by atoms with Crippen LogP contribution in [-0.2, 0) is 17.6 Å². The SMILES string of the molecule is COc1ccc2c(c1)OC[C@H](C(=O)NCCCc1c(C)noc1C)C2. The van der Waals surface area contributed by atoms with Gasteiger partial charge >= 0.3 is 0 Å². The largest absolute Gasteiger partial charge is 0.497 e. The van der Waals surface area contributed by atoms with E-state index >= 15 is 0 Å². The molecule has 0 radical (unpaired) electrons. The van der Waals surface area contributed by atoms with Gasteiger partial charge in [0.25, 0.3) is 0 Å². The molecule has 1 amide bonds. The van der Waals surface area contributed by atoms with Gasteiger partial charge in [-0.05, 0) is 44.7 Å². The quantitative estimate of drug-likeness (QED) is 0.816. The van der Waals surface area contributed by atoms with Gasteiger partial charge in [0, 0.05) is 18.2 Å². The molecule has 1 aliphatic rings. The standard InChI is InChI=1S/C19H24N2O4/c1-12-17(13(2)25-21-12)5-4-8-20-19(22)15-9-14-6-7-16(23-3)10-18(14)24-11-15/h6-7,10,15H,4-5,8-9,11H2,1-3H3,(H,20,22)/t15-/m1/s1. The van der Waals surface area contributed by atoms with Crippen molar-refractivity contribution in [1.82, 2.24) is 10.5 Å². The number of aryl methyl sites for hydroxylation is 2. The van der Waals surface area contributed by atoms with E-state index in [9.17, 15) is 4.79 Å². The summed E-state index contributed by atoms with van der Waals surface area (Å²) in [7, 11) is 1.63. The maximum absolute atomic E-state index is 12.4. The van der Waals surface area contributed by atoms with Crippen LogP contribution in [0.25, 0.3) is 0 Å². The molecule has 0 aliphatic carbocycles. The highest BCUT2D eigenvalue weighted by Crippen LogP contribution is 2.31. The van der Waals surface area contributed by atoms with Crippen LogP contribution in [0.3, 0.4) is 0 Å². The summed E-state index contributed by atoms with van der Waals surface area (Å²) in [6, 6.07) is 5.73. The van der Waals surface area contributed by atoms with E-state index in [-0.39, 0.29) is 11.8 Å². The highest BCUT2D eigenvalue weighted by Gasteiger charge is 2.26. The lowest BCUT2D eigenvalue weighted by atomic mass is 9.96. The number of nitrogens with one attached hydrogen (secondary N) is 1. The zero-order valence-electron chi connectivity index (χ0n) is 14.9. The van der Waals surface area contributed by atoms with Crippen molar-refractivity contribution in [2.75, 3.05) is 20.3 Å². The Morgan fingerprint density at radius 3 is 2.96 bits per heavy atom. The Kier molecular flexibility index (Phi) is 5.26. The Morgan fingerprint density at radius 2 is 2.24 bits per heavy atom. The predicted octanol–water partition coefficient (Wildman–Crippen LogP) is 2.60. The maximum Gasteiger partial charge on any atom is 0.226 e. The molecule has 0 saturated carbocycles. The first-order valence-corrected chi connectivity index (χ1v) is 8.57. The summed E-state index contributed by atoms with van der Waals surface area (Å²) in [4.78, 5) is 12.4. The van der Waals surface area contributed by atoms with Crippen molar-refractivity contribution >= 4 is 5.91 Å². The van der Waals surface area contributed by atoms with Crippen LogP contribution in [0.5, 0.6) is 11.5 Å². The molecule has 0 spiro atoms. The van der Waals surface area contributed by atoms with Crippen LogP contribution in [0.2, 0.25) is 0 Å². The number of ether oxygens (including phenoxy) is 2. The van der Waals surface area contributed by atoms with E-state index in [0.29, 0.717) is 19.6 Å². The lowest BCUT2D eigenvalue weighted by Gasteiger charge is -2.25. The Balaban J connectivity index is 1.47. The molecule has 1 aliphatic heterocycles. The number of amides is 1. The summed E-state index contributed by atoms with van der Waals surface area (Å²) >= 11 is 0. The predicted molar refractivity (Wildman–Crippen MR) is 93.0 cm³/mol. The first-order chi connectivity index (χ1) is 12.1. The van der Waals surface area contributed by atoms with Crippen molar-refractivity contribution in [3.8, 4) is 11.5 Å². The fourth-order valence-corrected chi connectivity index (χ4v) is 3.13. The first kappa shape index (κ1) is 17.3. The van der Waals surface area contributed by atoms with Gasteiger partial charge in [0.05, 0.1) is 18.7 Å². The van der Waals surface area contributed by atoms with Gasteiger partial charge < -0.3 is 19.3 Å². The lowest BCUT2D eigenvalue weighted by molar-refractivity contribution is -0.126. The number of benzene rings is 1. The Bertz CT molecular complexity index is 734. The summed E-state index contributed by atoms with van der Waals surface area (Å²) < 4.78 is 16.1. The van der Waals surface area contributed by atoms with E-state index < -0.39 is 0 Å². The third kappa shape index (κ3) is 3.95. The topological polar surface area (TPSA) is 73.6 Å². The fourth-order valence-electron chi connectivity index (χ4n) is 3.13. The molecular weight excluding hydrogens is 320 g/mol. The van der Waals surface area contributed by atoms with Crippen LogP contribution in [0, 0.1) is 19.8 Å². The minimum Gasteiger partial charge on any atom is -0.497 e. The highest BCUT2D eigenvalue weighted by molar-refractivity contribution is 5.79. The second-order valence-corrected chi connectivity index (χ2v) is 6.38. The van der Waals surface area contributed by atoms with Crippen molar-refractivity contribution in [2.24, 2.45) is 5.92 Å². The molecule has 2 heterocycles. The van der Waals surface area contributed by atoms with Crippen molar-refractivity contribution in [3.63, 3.8) is 0 Å². The average molecular weight is 344 g/mol. The van der Waals surface area contributed by atoms with Crippen LogP contribution in [0.1, 0.15) is 29.0 Å². The maximum atomic E-state index is 12.4. The van der Waals surface area contributed by atoms with E-state index in [1.807, 2.05) is 32.0 Å². The molecule has 1 N–H and O–H groups in total. The third-order valence-corrected chi connectivity index (χ3v) is 4.64. The van der Waals surface area contributed by atoms with Crippen LogP contribution in [0.4, 0.5) is 0 Å². The zero-order chi connectivity index (χ0) is 17.8. The van der Waals surface area contributed by atoms with Gasteiger partial charge in [-0.15, -0.1) is 0 Å². The molecular formula is C19H24N2O4. The summed E-state index contributed by atoms with van der Waals surface area (Å²) in [5.41, 5.74) is 3.11. The van der Waals surface area contributed by atoms with E-state index in [4.69, 9.17) is 14.0 Å². The molecule has 0 bridgehead atoms. The molecule has 0 unspecified atom stereocenters. The van der Waals surface area contributed by atoms with Gasteiger partial charge in [0.2, 0.25) is 5.91 Å². The number of aromatic nitrogens is 1. The molecule has 1 aromatic heterocycles. The normalized spacial score (nSPS) is 16.0. The number of methoxy groups -OCH3 is 1. The van der Waals surface area contributed by atoms with Crippen LogP contribution in [-0.4, -0.2) is 31.3 Å². The van der Waals surface area contributed by atoms with E-state index in [1.165, 1.54) is 0 Å². The number of nitrogens with zero attached hydrogens (tertiary/aromatic N) is 1. The van der Waals surface area contributed by atoms with Gasteiger partial charge in [-0.1, -0.05) is 11.2 Å². The van der Waals surface area contributed by atoms with Gasteiger partial charge in [0.15, 0.2) is 0 Å². The summed E-state index contributed by atoms with van der Waals surface area (Å²) in [6.07, 6.45) is 2.40. The van der Waals surface area contributed by atoms with Crippen molar-refractivity contribution in [2.45, 2.75) is 33.1 Å². The highest BCUT2D eigenvalue weighted by atomic mass is 16.5. The number of rotatable bonds is 6. The van der Waals surface area contributed by atoms with Gasteiger partial charge in [-0.25, -0.2) is 0 Å². The summed E-state index contributed by atoms with van der Waals surface area (Å²) in [5, 5.41) is 6.96. The van der Waals surface area contributed by atoms with Crippen molar-refractivity contribution in [3.05, 3.63) is 40.8 Å². The first-order valence-electron chi connectivity index (χ1n) is 8.57. The van der Waals surface area contributed by atoms with Crippen LogP contribution in [0.15, 0.2) is 22.7 Å². The second kappa shape index (κ2) is 7.59. The zero-order valence-corrected chi connectivity index (χ0v) is 14.9. The molecule has 1 atom stereocenters. The molecule has 0 saturated heterocycles. The molecule has 2 aromatic rings. The molecule has 1 aromatic carbocycles.